The van der Waals surface area contributed by atoms with Crippen molar-refractivity contribution >= 4 is 21.9 Å². The quantitative estimate of drug-likeness (QED) is 0.584. The van der Waals surface area contributed by atoms with Crippen LogP contribution in [0.2, 0.25) is 0 Å². The summed E-state index contributed by atoms with van der Waals surface area (Å²) in [5.74, 6) is 0.566. The molecule has 120 valence electrons. The highest BCUT2D eigenvalue weighted by molar-refractivity contribution is 7.89. The minimum atomic E-state index is -3.27. The molecule has 1 aromatic rings. The van der Waals surface area contributed by atoms with Crippen LogP contribution in [-0.4, -0.2) is 55.4 Å². The Bertz CT molecular complexity index is 549. The van der Waals surface area contributed by atoms with E-state index < -0.39 is 10.0 Å². The van der Waals surface area contributed by atoms with Gasteiger partial charge in [-0.2, -0.15) is 15.0 Å². The van der Waals surface area contributed by atoms with Crippen LogP contribution in [0.25, 0.3) is 0 Å². The molecule has 0 aromatic carbocycles. The van der Waals surface area contributed by atoms with Gasteiger partial charge in [-0.15, -0.1) is 0 Å². The second-order valence-corrected chi connectivity index (χ2v) is 6.46. The third-order valence-electron chi connectivity index (χ3n) is 2.26. The van der Waals surface area contributed by atoms with Crippen LogP contribution < -0.4 is 20.1 Å². The molecule has 0 amide bonds. The maximum absolute atomic E-state index is 11.3. The minimum absolute atomic E-state index is 0.0700. The van der Waals surface area contributed by atoms with Crippen molar-refractivity contribution in [3.05, 3.63) is 0 Å². The standard InChI is InChI=1S/C11H22N6O3S/c1-5-13-9-15-10(14-6-7-21(18,19)12-4)17-11(16-9)20-8(2)3/h8,12H,5-7H2,1-4H3,(H2,13,14,15,16,17). The fourth-order valence-electron chi connectivity index (χ4n) is 1.34. The van der Waals surface area contributed by atoms with Gasteiger partial charge >= 0.3 is 6.01 Å². The van der Waals surface area contributed by atoms with E-state index in [4.69, 9.17) is 4.74 Å². The van der Waals surface area contributed by atoms with Crippen LogP contribution >= 0.6 is 0 Å². The van der Waals surface area contributed by atoms with E-state index >= 15 is 0 Å². The molecule has 1 rings (SSSR count). The van der Waals surface area contributed by atoms with Gasteiger partial charge in [-0.05, 0) is 27.8 Å². The van der Waals surface area contributed by atoms with Gasteiger partial charge in [0.05, 0.1) is 11.9 Å². The van der Waals surface area contributed by atoms with Gasteiger partial charge in [-0.3, -0.25) is 0 Å². The molecular weight excluding hydrogens is 296 g/mol. The fourth-order valence-corrected chi connectivity index (χ4v) is 1.91. The van der Waals surface area contributed by atoms with Crippen molar-refractivity contribution in [3.63, 3.8) is 0 Å². The molecule has 0 aliphatic heterocycles. The van der Waals surface area contributed by atoms with Gasteiger partial charge in [0.2, 0.25) is 21.9 Å². The van der Waals surface area contributed by atoms with Gasteiger partial charge in [0, 0.05) is 13.1 Å². The van der Waals surface area contributed by atoms with Crippen molar-refractivity contribution in [2.75, 3.05) is 36.5 Å². The largest absolute Gasteiger partial charge is 0.461 e. The molecule has 0 bridgehead atoms. The van der Waals surface area contributed by atoms with Crippen LogP contribution in [0.15, 0.2) is 0 Å². The predicted octanol–water partition coefficient (Wildman–Crippen LogP) is 0.0517. The Morgan fingerprint density at radius 3 is 2.29 bits per heavy atom. The van der Waals surface area contributed by atoms with Crippen molar-refractivity contribution in [2.24, 2.45) is 0 Å². The molecule has 1 aromatic heterocycles. The number of sulfonamides is 1. The molecule has 0 radical (unpaired) electrons. The smallest absolute Gasteiger partial charge is 0.323 e. The third kappa shape index (κ3) is 6.54. The first-order chi connectivity index (χ1) is 9.86. The predicted molar refractivity (Wildman–Crippen MR) is 81.1 cm³/mol. The number of hydrogen-bond acceptors (Lipinski definition) is 8. The second kappa shape index (κ2) is 7.93. The maximum atomic E-state index is 11.3. The summed E-state index contributed by atoms with van der Waals surface area (Å²) < 4.78 is 30.3. The average Bonchev–Trinajstić information content (AvgIpc) is 2.38. The molecule has 9 nitrogen and oxygen atoms in total. The Morgan fingerprint density at radius 1 is 1.14 bits per heavy atom. The summed E-state index contributed by atoms with van der Waals surface area (Å²) in [6.45, 7) is 6.48. The summed E-state index contributed by atoms with van der Waals surface area (Å²) in [4.78, 5) is 12.3. The zero-order valence-corrected chi connectivity index (χ0v) is 13.5. The van der Waals surface area contributed by atoms with Crippen molar-refractivity contribution in [3.8, 4) is 6.01 Å². The molecule has 0 unspecified atom stereocenters. The Morgan fingerprint density at radius 2 is 1.76 bits per heavy atom. The lowest BCUT2D eigenvalue weighted by molar-refractivity contribution is 0.222. The van der Waals surface area contributed by atoms with E-state index in [9.17, 15) is 8.42 Å². The van der Waals surface area contributed by atoms with E-state index in [1.54, 1.807) is 0 Å². The van der Waals surface area contributed by atoms with Crippen LogP contribution in [0.5, 0.6) is 6.01 Å². The molecule has 0 atom stereocenters. The van der Waals surface area contributed by atoms with Gasteiger partial charge in [0.15, 0.2) is 0 Å². The molecular formula is C11H22N6O3S. The lowest BCUT2D eigenvalue weighted by atomic mass is 10.5. The minimum Gasteiger partial charge on any atom is -0.461 e. The Kier molecular flexibility index (Phi) is 6.56. The number of rotatable bonds is 9. The zero-order chi connectivity index (χ0) is 15.9. The Hall–Kier alpha value is -1.68. The van der Waals surface area contributed by atoms with Crippen molar-refractivity contribution in [1.82, 2.24) is 19.7 Å². The van der Waals surface area contributed by atoms with Crippen LogP contribution in [0.3, 0.4) is 0 Å². The maximum Gasteiger partial charge on any atom is 0.323 e. The normalized spacial score (nSPS) is 11.5. The second-order valence-electron chi connectivity index (χ2n) is 4.41. The summed E-state index contributed by atoms with van der Waals surface area (Å²) in [5.41, 5.74) is 0. The number of nitrogens with one attached hydrogen (secondary N) is 3. The van der Waals surface area contributed by atoms with Gasteiger partial charge < -0.3 is 15.4 Å². The zero-order valence-electron chi connectivity index (χ0n) is 12.7. The van der Waals surface area contributed by atoms with Gasteiger partial charge in [-0.1, -0.05) is 0 Å². The summed E-state index contributed by atoms with van der Waals surface area (Å²) in [6.07, 6.45) is -0.0700. The van der Waals surface area contributed by atoms with E-state index in [-0.39, 0.29) is 30.4 Å². The van der Waals surface area contributed by atoms with Gasteiger partial charge in [0.25, 0.3) is 0 Å². The van der Waals surface area contributed by atoms with E-state index in [2.05, 4.69) is 30.3 Å². The highest BCUT2D eigenvalue weighted by atomic mass is 32.2. The lowest BCUT2D eigenvalue weighted by Crippen LogP contribution is -2.26. The van der Waals surface area contributed by atoms with Crippen LogP contribution in [0.4, 0.5) is 11.9 Å². The number of anilines is 2. The molecule has 3 N–H and O–H groups in total. The molecule has 10 heteroatoms. The van der Waals surface area contributed by atoms with Crippen molar-refractivity contribution < 1.29 is 13.2 Å². The molecule has 21 heavy (non-hydrogen) atoms. The molecule has 0 aliphatic rings. The number of hydrogen-bond donors (Lipinski definition) is 3. The van der Waals surface area contributed by atoms with E-state index in [1.807, 2.05) is 20.8 Å². The van der Waals surface area contributed by atoms with Crippen LogP contribution in [0, 0.1) is 0 Å². The molecule has 0 saturated carbocycles. The first-order valence-electron chi connectivity index (χ1n) is 6.68. The molecule has 1 heterocycles. The summed E-state index contributed by atoms with van der Waals surface area (Å²) in [7, 11) is -1.90. The molecule has 0 spiro atoms. The topological polar surface area (TPSA) is 118 Å². The first kappa shape index (κ1) is 17.4. The van der Waals surface area contributed by atoms with E-state index in [0.29, 0.717) is 12.5 Å². The number of ether oxygens (including phenoxy) is 1. The highest BCUT2D eigenvalue weighted by Gasteiger charge is 2.10. The number of aromatic nitrogens is 3. The Labute approximate surface area is 125 Å². The fraction of sp³-hybridized carbons (Fsp3) is 0.727. The summed E-state index contributed by atoms with van der Waals surface area (Å²) in [6, 6.07) is 0.190. The molecule has 0 saturated heterocycles. The summed E-state index contributed by atoms with van der Waals surface area (Å²) >= 11 is 0. The Balaban J connectivity index is 2.77. The first-order valence-corrected chi connectivity index (χ1v) is 8.33. The van der Waals surface area contributed by atoms with Crippen LogP contribution in [0.1, 0.15) is 20.8 Å². The average molecular weight is 318 g/mol. The van der Waals surface area contributed by atoms with Crippen LogP contribution in [-0.2, 0) is 10.0 Å². The van der Waals surface area contributed by atoms with Crippen molar-refractivity contribution in [2.45, 2.75) is 26.9 Å². The van der Waals surface area contributed by atoms with Gasteiger partial charge in [-0.25, -0.2) is 13.1 Å². The van der Waals surface area contributed by atoms with E-state index in [0.717, 1.165) is 0 Å². The number of nitrogens with zero attached hydrogens (tertiary/aromatic N) is 3. The SMILES string of the molecule is CCNc1nc(NCCS(=O)(=O)NC)nc(OC(C)C)n1. The molecule has 0 fully saturated rings. The monoisotopic (exact) mass is 318 g/mol. The highest BCUT2D eigenvalue weighted by Crippen LogP contribution is 2.12. The molecule has 0 aliphatic carbocycles. The summed E-state index contributed by atoms with van der Waals surface area (Å²) in [5, 5.41) is 5.81. The lowest BCUT2D eigenvalue weighted by Gasteiger charge is -2.11. The van der Waals surface area contributed by atoms with Crippen molar-refractivity contribution in [1.29, 1.82) is 0 Å². The van der Waals surface area contributed by atoms with E-state index in [1.165, 1.54) is 7.05 Å². The third-order valence-corrected chi connectivity index (χ3v) is 3.62. The van der Waals surface area contributed by atoms with Gasteiger partial charge in [0.1, 0.15) is 0 Å².